The van der Waals surface area contributed by atoms with E-state index in [1.165, 1.54) is 5.56 Å². The third-order valence-electron chi connectivity index (χ3n) is 3.24. The average Bonchev–Trinajstić information content (AvgIpc) is 2.47. The molecule has 0 radical (unpaired) electrons. The molecule has 2 heteroatoms. The van der Waals surface area contributed by atoms with Gasteiger partial charge < -0.3 is 9.84 Å². The molecule has 0 saturated carbocycles. The number of rotatable bonds is 5. The van der Waals surface area contributed by atoms with E-state index in [9.17, 15) is 5.11 Å². The maximum absolute atomic E-state index is 10.0. The average molecular weight is 256 g/mol. The zero-order valence-electron chi connectivity index (χ0n) is 11.5. The fourth-order valence-electron chi connectivity index (χ4n) is 2.08. The minimum Gasteiger partial charge on any atom is -0.457 e. The van der Waals surface area contributed by atoms with Gasteiger partial charge >= 0.3 is 0 Å². The third-order valence-corrected chi connectivity index (χ3v) is 3.24. The van der Waals surface area contributed by atoms with Crippen molar-refractivity contribution in [3.05, 3.63) is 59.7 Å². The molecule has 0 aliphatic carbocycles. The van der Waals surface area contributed by atoms with E-state index in [1.807, 2.05) is 49.4 Å². The lowest BCUT2D eigenvalue weighted by atomic mass is 10.1. The van der Waals surface area contributed by atoms with Crippen LogP contribution in [0, 0.1) is 0 Å². The van der Waals surface area contributed by atoms with Crippen molar-refractivity contribution in [1.82, 2.24) is 0 Å². The minimum absolute atomic E-state index is 0.481. The zero-order chi connectivity index (χ0) is 13.7. The highest BCUT2D eigenvalue weighted by atomic mass is 16.5. The van der Waals surface area contributed by atoms with Crippen LogP contribution in [0.15, 0.2) is 48.5 Å². The number of aryl methyl sites for hydroxylation is 1. The Balaban J connectivity index is 2.33. The molecular formula is C17H20O2. The molecule has 0 fully saturated rings. The van der Waals surface area contributed by atoms with Crippen molar-refractivity contribution < 1.29 is 9.84 Å². The van der Waals surface area contributed by atoms with Crippen LogP contribution in [0.3, 0.4) is 0 Å². The lowest BCUT2D eigenvalue weighted by Crippen LogP contribution is -1.99. The van der Waals surface area contributed by atoms with Gasteiger partial charge in [-0.3, -0.25) is 0 Å². The van der Waals surface area contributed by atoms with Gasteiger partial charge in [0, 0.05) is 5.56 Å². The van der Waals surface area contributed by atoms with Crippen LogP contribution in [0.4, 0.5) is 0 Å². The van der Waals surface area contributed by atoms with Crippen LogP contribution in [0.5, 0.6) is 11.5 Å². The summed E-state index contributed by atoms with van der Waals surface area (Å²) >= 11 is 0. The van der Waals surface area contributed by atoms with Crippen molar-refractivity contribution in [3.63, 3.8) is 0 Å². The van der Waals surface area contributed by atoms with Crippen molar-refractivity contribution in [3.8, 4) is 11.5 Å². The molecule has 0 spiro atoms. The Labute approximate surface area is 114 Å². The highest BCUT2D eigenvalue weighted by Crippen LogP contribution is 2.32. The predicted octanol–water partition coefficient (Wildman–Crippen LogP) is 4.48. The summed E-state index contributed by atoms with van der Waals surface area (Å²) in [4.78, 5) is 0. The van der Waals surface area contributed by atoms with Gasteiger partial charge in [-0.2, -0.15) is 0 Å². The summed E-state index contributed by atoms with van der Waals surface area (Å²) < 4.78 is 5.99. The van der Waals surface area contributed by atoms with E-state index in [-0.39, 0.29) is 0 Å². The first-order chi connectivity index (χ1) is 9.26. The number of benzene rings is 2. The maximum Gasteiger partial charge on any atom is 0.133 e. The fraction of sp³-hybridized carbons (Fsp3) is 0.294. The second-order valence-corrected chi connectivity index (χ2v) is 4.53. The molecule has 1 unspecified atom stereocenters. The molecule has 2 aromatic carbocycles. The SMILES string of the molecule is CCc1ccccc1Oc1ccccc1C(O)CC. The monoisotopic (exact) mass is 256 g/mol. The van der Waals surface area contributed by atoms with Crippen LogP contribution in [0.25, 0.3) is 0 Å². The largest absolute Gasteiger partial charge is 0.457 e. The van der Waals surface area contributed by atoms with Crippen molar-refractivity contribution in [2.75, 3.05) is 0 Å². The van der Waals surface area contributed by atoms with E-state index < -0.39 is 6.10 Å². The van der Waals surface area contributed by atoms with Crippen LogP contribution >= 0.6 is 0 Å². The highest BCUT2D eigenvalue weighted by molar-refractivity contribution is 5.42. The van der Waals surface area contributed by atoms with E-state index >= 15 is 0 Å². The zero-order valence-corrected chi connectivity index (χ0v) is 11.5. The first-order valence-electron chi connectivity index (χ1n) is 6.79. The molecule has 0 saturated heterocycles. The van der Waals surface area contributed by atoms with Crippen LogP contribution in [0.2, 0.25) is 0 Å². The lowest BCUT2D eigenvalue weighted by molar-refractivity contribution is 0.170. The van der Waals surface area contributed by atoms with Gasteiger partial charge in [0.25, 0.3) is 0 Å². The number of hydrogen-bond donors (Lipinski definition) is 1. The summed E-state index contributed by atoms with van der Waals surface area (Å²) in [5, 5.41) is 10.0. The summed E-state index contributed by atoms with van der Waals surface area (Å²) in [6.07, 6.45) is 1.12. The first-order valence-corrected chi connectivity index (χ1v) is 6.79. The number of para-hydroxylation sites is 2. The molecule has 0 aliphatic heterocycles. The Kier molecular flexibility index (Phi) is 4.58. The Hall–Kier alpha value is -1.80. The normalized spacial score (nSPS) is 12.2. The number of hydrogen-bond acceptors (Lipinski definition) is 2. The second-order valence-electron chi connectivity index (χ2n) is 4.53. The molecule has 100 valence electrons. The Morgan fingerprint density at radius 1 is 0.947 bits per heavy atom. The van der Waals surface area contributed by atoms with Gasteiger partial charge in [0.05, 0.1) is 6.10 Å². The van der Waals surface area contributed by atoms with Crippen molar-refractivity contribution in [1.29, 1.82) is 0 Å². The molecule has 2 rings (SSSR count). The van der Waals surface area contributed by atoms with Crippen LogP contribution in [-0.4, -0.2) is 5.11 Å². The van der Waals surface area contributed by atoms with Crippen LogP contribution in [-0.2, 0) is 6.42 Å². The molecule has 0 aliphatic rings. The Morgan fingerprint density at radius 2 is 1.58 bits per heavy atom. The summed E-state index contributed by atoms with van der Waals surface area (Å²) in [5.74, 6) is 1.60. The van der Waals surface area contributed by atoms with Gasteiger partial charge in [0.1, 0.15) is 11.5 Å². The Bertz CT molecular complexity index is 534. The summed E-state index contributed by atoms with van der Waals surface area (Å²) in [6, 6.07) is 15.7. The molecule has 19 heavy (non-hydrogen) atoms. The smallest absolute Gasteiger partial charge is 0.133 e. The lowest BCUT2D eigenvalue weighted by Gasteiger charge is -2.16. The van der Waals surface area contributed by atoms with E-state index in [0.717, 1.165) is 23.5 Å². The summed E-state index contributed by atoms with van der Waals surface area (Å²) in [6.45, 7) is 4.07. The topological polar surface area (TPSA) is 29.5 Å². The highest BCUT2D eigenvalue weighted by Gasteiger charge is 2.12. The van der Waals surface area contributed by atoms with Gasteiger partial charge in [0.2, 0.25) is 0 Å². The summed E-state index contributed by atoms with van der Waals surface area (Å²) in [5.41, 5.74) is 2.01. The molecule has 0 bridgehead atoms. The molecule has 2 aromatic rings. The Morgan fingerprint density at radius 3 is 2.26 bits per heavy atom. The van der Waals surface area contributed by atoms with E-state index in [2.05, 4.69) is 13.0 Å². The van der Waals surface area contributed by atoms with E-state index in [1.54, 1.807) is 0 Å². The van der Waals surface area contributed by atoms with Gasteiger partial charge in [-0.25, -0.2) is 0 Å². The standard InChI is InChI=1S/C17H20O2/c1-3-13-9-5-7-11-16(13)19-17-12-8-6-10-14(17)15(18)4-2/h5-12,15,18H,3-4H2,1-2H3. The molecule has 1 atom stereocenters. The van der Waals surface area contributed by atoms with Crippen molar-refractivity contribution in [2.24, 2.45) is 0 Å². The third kappa shape index (κ3) is 3.15. The van der Waals surface area contributed by atoms with Crippen molar-refractivity contribution >= 4 is 0 Å². The molecule has 1 N–H and O–H groups in total. The molecule has 0 heterocycles. The van der Waals surface area contributed by atoms with Gasteiger partial charge in [-0.1, -0.05) is 50.2 Å². The van der Waals surface area contributed by atoms with E-state index in [4.69, 9.17) is 4.74 Å². The van der Waals surface area contributed by atoms with E-state index in [0.29, 0.717) is 6.42 Å². The van der Waals surface area contributed by atoms with Gasteiger partial charge in [-0.05, 0) is 30.5 Å². The van der Waals surface area contributed by atoms with Crippen LogP contribution in [0.1, 0.15) is 37.5 Å². The van der Waals surface area contributed by atoms with Crippen LogP contribution < -0.4 is 4.74 Å². The number of aliphatic hydroxyl groups excluding tert-OH is 1. The van der Waals surface area contributed by atoms with Gasteiger partial charge in [0.15, 0.2) is 0 Å². The summed E-state index contributed by atoms with van der Waals surface area (Å²) in [7, 11) is 0. The number of ether oxygens (including phenoxy) is 1. The quantitative estimate of drug-likeness (QED) is 0.854. The molecule has 0 aromatic heterocycles. The second kappa shape index (κ2) is 6.39. The van der Waals surface area contributed by atoms with Crippen molar-refractivity contribution in [2.45, 2.75) is 32.8 Å². The first kappa shape index (κ1) is 13.6. The predicted molar refractivity (Wildman–Crippen MR) is 77.6 cm³/mol. The molecular weight excluding hydrogens is 236 g/mol. The maximum atomic E-state index is 10.0. The van der Waals surface area contributed by atoms with Gasteiger partial charge in [-0.15, -0.1) is 0 Å². The molecule has 0 amide bonds. The molecule has 2 nitrogen and oxygen atoms in total. The number of aliphatic hydroxyl groups is 1. The fourth-order valence-corrected chi connectivity index (χ4v) is 2.08. The minimum atomic E-state index is -0.481.